The highest BCUT2D eigenvalue weighted by Gasteiger charge is 2.28. The SMILES string of the molecule is C=C.CC.CC.CC(C)=O.CC/C(C)=C/C=C(C)/C(C)=N/C(N)=Nc1cnn(C2CCC(C(=O)OC)CC2)c1. The summed E-state index contributed by atoms with van der Waals surface area (Å²) in [5, 5.41) is 4.43. The number of hydrogen-bond acceptors (Lipinski definition) is 5. The molecule has 0 aromatic carbocycles. The fourth-order valence-corrected chi connectivity index (χ4v) is 3.25. The van der Waals surface area contributed by atoms with Crippen LogP contribution in [0.15, 0.2) is 58.8 Å². The van der Waals surface area contributed by atoms with Crippen molar-refractivity contribution in [2.45, 2.75) is 107 Å². The van der Waals surface area contributed by atoms with Crippen LogP contribution in [0.3, 0.4) is 0 Å². The molecule has 0 bridgehead atoms. The van der Waals surface area contributed by atoms with E-state index in [2.05, 4.69) is 48.2 Å². The van der Waals surface area contributed by atoms with Crippen molar-refractivity contribution in [2.75, 3.05) is 7.11 Å². The van der Waals surface area contributed by atoms with Crippen molar-refractivity contribution in [1.29, 1.82) is 0 Å². The maximum Gasteiger partial charge on any atom is 0.308 e. The molecule has 8 nitrogen and oxygen atoms in total. The summed E-state index contributed by atoms with van der Waals surface area (Å²) in [5.74, 6) is 0.268. The maximum atomic E-state index is 11.7. The number of hydrogen-bond donors (Lipinski definition) is 1. The first kappa shape index (κ1) is 40.2. The molecule has 1 aliphatic carbocycles. The summed E-state index contributed by atoms with van der Waals surface area (Å²) < 4.78 is 6.76. The number of carbonyl (C=O) groups is 2. The summed E-state index contributed by atoms with van der Waals surface area (Å²) in [4.78, 5) is 29.9. The minimum absolute atomic E-state index is 0.00418. The second-order valence-corrected chi connectivity index (χ2v) is 8.50. The lowest BCUT2D eigenvalue weighted by Crippen LogP contribution is -2.24. The zero-order valence-electron chi connectivity index (χ0n) is 26.5. The topological polar surface area (TPSA) is 112 Å². The molecule has 0 atom stereocenters. The number of ether oxygens (including phenoxy) is 1. The van der Waals surface area contributed by atoms with Crippen molar-refractivity contribution in [1.82, 2.24) is 9.78 Å². The van der Waals surface area contributed by atoms with Crippen molar-refractivity contribution in [3.63, 3.8) is 0 Å². The Balaban J connectivity index is -0.00000114. The summed E-state index contributed by atoms with van der Waals surface area (Å²) in [6, 6.07) is 0.269. The van der Waals surface area contributed by atoms with E-state index >= 15 is 0 Å². The number of guanidine groups is 1. The molecule has 0 radical (unpaired) electrons. The highest BCUT2D eigenvalue weighted by Crippen LogP contribution is 2.33. The smallest absolute Gasteiger partial charge is 0.308 e. The van der Waals surface area contributed by atoms with Gasteiger partial charge in [-0.25, -0.2) is 9.98 Å². The molecule has 222 valence electrons. The van der Waals surface area contributed by atoms with Gasteiger partial charge in [0.15, 0.2) is 0 Å². The van der Waals surface area contributed by atoms with Gasteiger partial charge < -0.3 is 15.3 Å². The first-order chi connectivity index (χ1) is 18.6. The van der Waals surface area contributed by atoms with Crippen molar-refractivity contribution in [2.24, 2.45) is 21.6 Å². The molecule has 8 heteroatoms. The highest BCUT2D eigenvalue weighted by atomic mass is 16.5. The number of Topliss-reactive ketones (excluding diaryl/α,β-unsaturated/α-hetero) is 1. The number of allylic oxidation sites excluding steroid dienone is 4. The first-order valence-corrected chi connectivity index (χ1v) is 13.9. The van der Waals surface area contributed by atoms with Gasteiger partial charge in [-0.15, -0.1) is 13.2 Å². The molecule has 1 aliphatic rings. The van der Waals surface area contributed by atoms with Gasteiger partial charge in [-0.3, -0.25) is 9.48 Å². The van der Waals surface area contributed by atoms with Gasteiger partial charge in [-0.2, -0.15) is 5.10 Å². The lowest BCUT2D eigenvalue weighted by atomic mass is 9.86. The number of methoxy groups -OCH3 is 1. The van der Waals surface area contributed by atoms with Crippen molar-refractivity contribution < 1.29 is 14.3 Å². The van der Waals surface area contributed by atoms with E-state index in [4.69, 9.17) is 10.5 Å². The van der Waals surface area contributed by atoms with Crippen LogP contribution in [0.25, 0.3) is 0 Å². The molecule has 1 fully saturated rings. The third kappa shape index (κ3) is 18.6. The zero-order valence-corrected chi connectivity index (χ0v) is 26.5. The van der Waals surface area contributed by atoms with E-state index in [9.17, 15) is 9.59 Å². The molecular weight excluding hydrogens is 490 g/mol. The van der Waals surface area contributed by atoms with Crippen LogP contribution in [-0.4, -0.2) is 40.3 Å². The number of ketones is 1. The molecule has 0 amide bonds. The van der Waals surface area contributed by atoms with Crippen LogP contribution in [0, 0.1) is 5.92 Å². The van der Waals surface area contributed by atoms with E-state index in [0.29, 0.717) is 5.69 Å². The van der Waals surface area contributed by atoms with Gasteiger partial charge in [0.25, 0.3) is 0 Å². The van der Waals surface area contributed by atoms with Gasteiger partial charge in [0.1, 0.15) is 11.5 Å². The number of rotatable bonds is 6. The monoisotopic (exact) mass is 545 g/mol. The van der Waals surface area contributed by atoms with Gasteiger partial charge in [0, 0.05) is 5.71 Å². The van der Waals surface area contributed by atoms with Crippen LogP contribution in [0.2, 0.25) is 0 Å². The summed E-state index contributed by atoms with van der Waals surface area (Å²) in [7, 11) is 1.45. The number of aliphatic imine (C=N–C) groups is 2. The average Bonchev–Trinajstić information content (AvgIpc) is 3.42. The predicted molar refractivity (Wildman–Crippen MR) is 168 cm³/mol. The number of aromatic nitrogens is 2. The number of nitrogens with two attached hydrogens (primary N) is 1. The van der Waals surface area contributed by atoms with Crippen LogP contribution in [0.5, 0.6) is 0 Å². The zero-order chi connectivity index (χ0) is 31.0. The molecule has 1 heterocycles. The Morgan fingerprint density at radius 1 is 1.05 bits per heavy atom. The maximum absolute atomic E-state index is 11.7. The molecule has 0 aliphatic heterocycles. The molecule has 1 aromatic rings. The van der Waals surface area contributed by atoms with E-state index < -0.39 is 0 Å². The lowest BCUT2D eigenvalue weighted by molar-refractivity contribution is -0.146. The summed E-state index contributed by atoms with van der Waals surface area (Å²) in [5.41, 5.74) is 9.89. The second-order valence-electron chi connectivity index (χ2n) is 8.50. The molecule has 1 saturated carbocycles. The van der Waals surface area contributed by atoms with E-state index in [1.807, 2.05) is 58.5 Å². The minimum atomic E-state index is -0.111. The Morgan fingerprint density at radius 2 is 1.56 bits per heavy atom. The van der Waals surface area contributed by atoms with Crippen molar-refractivity contribution in [3.8, 4) is 0 Å². The van der Waals surface area contributed by atoms with Crippen LogP contribution in [0.1, 0.15) is 107 Å². The molecule has 2 N–H and O–H groups in total. The first-order valence-electron chi connectivity index (χ1n) is 13.9. The summed E-state index contributed by atoms with van der Waals surface area (Å²) in [6.07, 6.45) is 12.2. The summed E-state index contributed by atoms with van der Waals surface area (Å²) >= 11 is 0. The lowest BCUT2D eigenvalue weighted by Gasteiger charge is -2.26. The van der Waals surface area contributed by atoms with Crippen LogP contribution in [-0.2, 0) is 14.3 Å². The molecule has 0 unspecified atom stereocenters. The van der Waals surface area contributed by atoms with Gasteiger partial charge >= 0.3 is 5.97 Å². The van der Waals surface area contributed by atoms with E-state index in [1.54, 1.807) is 6.20 Å². The molecule has 2 rings (SSSR count). The number of nitrogens with zero attached hydrogens (tertiary/aromatic N) is 4. The molecule has 0 spiro atoms. The molecule has 0 saturated heterocycles. The summed E-state index contributed by atoms with van der Waals surface area (Å²) in [6.45, 7) is 25.2. The third-order valence-corrected chi connectivity index (χ3v) is 5.47. The normalized spacial score (nSPS) is 17.4. The minimum Gasteiger partial charge on any atom is -0.469 e. The molecule has 1 aromatic heterocycles. The van der Waals surface area contributed by atoms with Gasteiger partial charge in [-0.1, -0.05) is 52.3 Å². The second kappa shape index (κ2) is 25.0. The number of carbonyl (C=O) groups excluding carboxylic acids is 2. The Labute approximate surface area is 238 Å². The predicted octanol–water partition coefficient (Wildman–Crippen LogP) is 7.95. The third-order valence-electron chi connectivity index (χ3n) is 5.47. The average molecular weight is 546 g/mol. The van der Waals surface area contributed by atoms with E-state index in [-0.39, 0.29) is 29.7 Å². The number of esters is 1. The Hall–Kier alpha value is -3.29. The van der Waals surface area contributed by atoms with E-state index in [1.165, 1.54) is 26.5 Å². The quantitative estimate of drug-likeness (QED) is 0.128. The van der Waals surface area contributed by atoms with Crippen LogP contribution >= 0.6 is 0 Å². The van der Waals surface area contributed by atoms with Gasteiger partial charge in [-0.05, 0) is 72.3 Å². The van der Waals surface area contributed by atoms with Crippen molar-refractivity contribution >= 4 is 29.1 Å². The Bertz CT molecular complexity index is 930. The largest absolute Gasteiger partial charge is 0.469 e. The highest BCUT2D eigenvalue weighted by molar-refractivity contribution is 6.05. The van der Waals surface area contributed by atoms with Crippen molar-refractivity contribution in [3.05, 3.63) is 48.8 Å². The van der Waals surface area contributed by atoms with Crippen LogP contribution in [0.4, 0.5) is 5.69 Å². The molecular formula is C31H55N5O3. The fourth-order valence-electron chi connectivity index (χ4n) is 3.25. The van der Waals surface area contributed by atoms with Gasteiger partial charge in [0.2, 0.25) is 5.96 Å². The van der Waals surface area contributed by atoms with Crippen LogP contribution < -0.4 is 5.73 Å². The Kier molecular flexibility index (Phi) is 25.8. The Morgan fingerprint density at radius 3 is 2.03 bits per heavy atom. The standard InChI is InChI=1S/C22H33N5O2.C3H6O.2C2H6.C2H4/c1-6-15(2)7-8-16(3)17(4)25-22(23)26-19-13-24-27(14-19)20-11-9-18(10-12-20)21(28)29-5;1-3(2)4;3*1-2/h7-8,13-14,18,20H,6,9-12H2,1-5H3,(H2,23,26);1-2H3;2*1-2H3;1-2H2/b15-7+,16-8+,25-17+;;;;. The van der Waals surface area contributed by atoms with E-state index in [0.717, 1.165) is 43.4 Å². The van der Waals surface area contributed by atoms with Gasteiger partial charge in [0.05, 0.1) is 31.5 Å². The fraction of sp³-hybridized carbons (Fsp3) is 0.581. The molecule has 39 heavy (non-hydrogen) atoms.